The molecule has 2 atom stereocenters. The fourth-order valence-corrected chi connectivity index (χ4v) is 6.14. The van der Waals surface area contributed by atoms with Gasteiger partial charge in [-0.3, -0.25) is 14.7 Å². The van der Waals surface area contributed by atoms with Gasteiger partial charge in [0.2, 0.25) is 5.95 Å². The molecule has 5 heterocycles. The summed E-state index contributed by atoms with van der Waals surface area (Å²) in [5.74, 6) is 1.25. The molecular formula is C33H35FN10O3. The van der Waals surface area contributed by atoms with Crippen molar-refractivity contribution in [2.24, 2.45) is 9.98 Å². The Kier molecular flexibility index (Phi) is 8.73. The number of alkyl halides is 1. The molecule has 47 heavy (non-hydrogen) atoms. The fraction of sp³-hybridized carbons (Fsp3) is 0.424. The van der Waals surface area contributed by atoms with Crippen molar-refractivity contribution in [1.82, 2.24) is 24.8 Å². The van der Waals surface area contributed by atoms with Gasteiger partial charge in [-0.2, -0.15) is 10.2 Å². The Morgan fingerprint density at radius 2 is 1.89 bits per heavy atom. The number of anilines is 3. The molecular weight excluding hydrogens is 603 g/mol. The van der Waals surface area contributed by atoms with E-state index in [4.69, 9.17) is 9.47 Å². The smallest absolute Gasteiger partial charge is 0.270 e. The molecule has 0 saturated carbocycles. The normalized spacial score (nSPS) is 21.8. The average molecular weight is 639 g/mol. The van der Waals surface area contributed by atoms with Crippen molar-refractivity contribution in [3.8, 4) is 23.2 Å². The molecule has 0 radical (unpaired) electrons. The lowest BCUT2D eigenvalue weighted by atomic mass is 10.0. The topological polar surface area (TPSA) is 144 Å². The van der Waals surface area contributed by atoms with Gasteiger partial charge in [-0.15, -0.1) is 0 Å². The third-order valence-electron chi connectivity index (χ3n) is 8.92. The SMILES string of the molecule is CC1=NCC(C(=O)N2CC[C@H](Oc3ccc(-c4ncnc(Nc5ccc(N6CCN(C7COC7)CC6)cc5)n4)cc3C#N)[C@H](F)C2)=N1. The Morgan fingerprint density at radius 3 is 2.57 bits per heavy atom. The van der Waals surface area contributed by atoms with Crippen molar-refractivity contribution in [3.63, 3.8) is 0 Å². The predicted molar refractivity (Wildman–Crippen MR) is 174 cm³/mol. The van der Waals surface area contributed by atoms with Crippen LogP contribution in [0.3, 0.4) is 0 Å². The molecule has 0 unspecified atom stereocenters. The molecule has 2 aromatic carbocycles. The van der Waals surface area contributed by atoms with Crippen molar-refractivity contribution in [2.45, 2.75) is 31.7 Å². The maximum Gasteiger partial charge on any atom is 0.270 e. The van der Waals surface area contributed by atoms with E-state index in [1.165, 1.54) is 16.9 Å². The number of likely N-dealkylation sites (tertiary alicyclic amines) is 1. The number of nitrogens with zero attached hydrogens (tertiary/aromatic N) is 9. The number of rotatable bonds is 8. The number of nitriles is 1. The van der Waals surface area contributed by atoms with Crippen molar-refractivity contribution < 1.29 is 18.7 Å². The van der Waals surface area contributed by atoms with E-state index in [1.54, 1.807) is 25.1 Å². The van der Waals surface area contributed by atoms with Gasteiger partial charge in [0.05, 0.1) is 37.9 Å². The highest BCUT2D eigenvalue weighted by molar-refractivity contribution is 6.42. The van der Waals surface area contributed by atoms with Crippen LogP contribution in [0, 0.1) is 11.3 Å². The van der Waals surface area contributed by atoms with E-state index in [2.05, 4.69) is 58.3 Å². The molecule has 242 valence electrons. The minimum atomic E-state index is -1.42. The monoisotopic (exact) mass is 638 g/mol. The number of hydrogen-bond donors (Lipinski definition) is 1. The molecule has 0 aliphatic carbocycles. The molecule has 4 aliphatic heterocycles. The highest BCUT2D eigenvalue weighted by Gasteiger charge is 2.35. The quantitative estimate of drug-likeness (QED) is 0.391. The van der Waals surface area contributed by atoms with Gasteiger partial charge < -0.3 is 24.6 Å². The molecule has 3 saturated heterocycles. The van der Waals surface area contributed by atoms with Gasteiger partial charge in [-0.05, 0) is 49.4 Å². The molecule has 4 aliphatic rings. The average Bonchev–Trinajstić information content (AvgIpc) is 3.51. The molecule has 7 rings (SSSR count). The number of aliphatic imine (C=N–C) groups is 2. The summed E-state index contributed by atoms with van der Waals surface area (Å²) >= 11 is 0. The van der Waals surface area contributed by atoms with Crippen LogP contribution in [-0.2, 0) is 9.53 Å². The Morgan fingerprint density at radius 1 is 1.09 bits per heavy atom. The lowest BCUT2D eigenvalue weighted by Crippen LogP contribution is -2.56. The second-order valence-corrected chi connectivity index (χ2v) is 12.0. The number of piperidine rings is 1. The Labute approximate surface area is 271 Å². The van der Waals surface area contributed by atoms with E-state index in [1.807, 2.05) is 12.1 Å². The van der Waals surface area contributed by atoms with Crippen LogP contribution < -0.4 is 15.0 Å². The first-order valence-electron chi connectivity index (χ1n) is 15.8. The second kappa shape index (κ2) is 13.4. The summed E-state index contributed by atoms with van der Waals surface area (Å²) in [7, 11) is 0. The van der Waals surface area contributed by atoms with Crippen molar-refractivity contribution in [3.05, 3.63) is 54.4 Å². The summed E-state index contributed by atoms with van der Waals surface area (Å²) in [6.07, 6.45) is -0.530. The van der Waals surface area contributed by atoms with E-state index >= 15 is 4.39 Å². The molecule has 0 spiro atoms. The number of aromatic nitrogens is 3. The molecule has 0 bridgehead atoms. The lowest BCUT2D eigenvalue weighted by Gasteiger charge is -2.43. The van der Waals surface area contributed by atoms with Gasteiger partial charge in [0, 0.05) is 56.1 Å². The van der Waals surface area contributed by atoms with E-state index < -0.39 is 12.3 Å². The van der Waals surface area contributed by atoms with E-state index in [0.29, 0.717) is 41.5 Å². The Bertz CT molecular complexity index is 1730. The number of benzene rings is 2. The Hall–Kier alpha value is -5.00. The second-order valence-electron chi connectivity index (χ2n) is 12.0. The van der Waals surface area contributed by atoms with Gasteiger partial charge in [0.25, 0.3) is 5.91 Å². The van der Waals surface area contributed by atoms with Gasteiger partial charge in [0.15, 0.2) is 12.0 Å². The van der Waals surface area contributed by atoms with Gasteiger partial charge >= 0.3 is 0 Å². The highest BCUT2D eigenvalue weighted by Crippen LogP contribution is 2.29. The van der Waals surface area contributed by atoms with E-state index in [-0.39, 0.29) is 36.7 Å². The fourth-order valence-electron chi connectivity index (χ4n) is 6.14. The summed E-state index contributed by atoms with van der Waals surface area (Å²) in [5, 5.41) is 13.1. The van der Waals surface area contributed by atoms with Crippen LogP contribution in [0.25, 0.3) is 11.4 Å². The van der Waals surface area contributed by atoms with Crippen LogP contribution >= 0.6 is 0 Å². The molecule has 1 amide bonds. The first kappa shape index (κ1) is 30.6. The number of piperazine rings is 1. The first-order valence-corrected chi connectivity index (χ1v) is 15.8. The zero-order valence-corrected chi connectivity index (χ0v) is 26.0. The van der Waals surface area contributed by atoms with E-state index in [0.717, 1.165) is 45.1 Å². The van der Waals surface area contributed by atoms with Crippen molar-refractivity contribution >= 4 is 34.8 Å². The third kappa shape index (κ3) is 6.77. The summed E-state index contributed by atoms with van der Waals surface area (Å²) < 4.78 is 26.5. The number of halogens is 1. The molecule has 3 fully saturated rings. The summed E-state index contributed by atoms with van der Waals surface area (Å²) in [4.78, 5) is 40.5. The first-order chi connectivity index (χ1) is 22.9. The van der Waals surface area contributed by atoms with E-state index in [9.17, 15) is 10.1 Å². The van der Waals surface area contributed by atoms with Crippen LogP contribution in [0.2, 0.25) is 0 Å². The zero-order chi connectivity index (χ0) is 32.3. The number of ether oxygens (including phenoxy) is 2. The molecule has 3 aromatic rings. The molecule has 13 nitrogen and oxygen atoms in total. The minimum absolute atomic E-state index is 0.113. The van der Waals surface area contributed by atoms with Gasteiger partial charge in [0.1, 0.15) is 35.8 Å². The maximum atomic E-state index is 15.2. The maximum absolute atomic E-state index is 15.2. The van der Waals surface area contributed by atoms with Crippen LogP contribution in [0.5, 0.6) is 5.75 Å². The minimum Gasteiger partial charge on any atom is -0.486 e. The van der Waals surface area contributed by atoms with Gasteiger partial charge in [-0.25, -0.2) is 19.4 Å². The predicted octanol–water partition coefficient (Wildman–Crippen LogP) is 2.87. The van der Waals surface area contributed by atoms with Crippen LogP contribution in [0.1, 0.15) is 18.9 Å². The highest BCUT2D eigenvalue weighted by atomic mass is 19.1. The summed E-state index contributed by atoms with van der Waals surface area (Å²) in [5.41, 5.74) is 3.16. The molecule has 14 heteroatoms. The number of nitrogens with one attached hydrogen (secondary N) is 1. The molecule has 1 N–H and O–H groups in total. The van der Waals surface area contributed by atoms with Crippen LogP contribution in [0.4, 0.5) is 21.7 Å². The summed E-state index contributed by atoms with van der Waals surface area (Å²) in [6, 6.07) is 15.9. The van der Waals surface area contributed by atoms with Crippen LogP contribution in [-0.4, -0.2) is 120 Å². The summed E-state index contributed by atoms with van der Waals surface area (Å²) in [6.45, 7) is 7.87. The Balaban J connectivity index is 0.960. The standard InChI is InChI=1S/C33H35FN10O3/c1-21-36-16-28(39-21)32(45)44-9-8-30(27(34)17-44)47-29-7-2-22(14-23(29)15-35)31-37-20-38-33(41-31)40-24-3-5-25(6-4-24)42-10-12-43(13-11-42)26-18-46-19-26/h2-7,14,20,26-27,30H,8-13,16-19H2,1H3,(H,37,38,40,41)/t27-,30+/m1/s1. The third-order valence-corrected chi connectivity index (χ3v) is 8.92. The van der Waals surface area contributed by atoms with Gasteiger partial charge in [-0.1, -0.05) is 0 Å². The molecule has 1 aromatic heterocycles. The lowest BCUT2D eigenvalue weighted by molar-refractivity contribution is -0.127. The van der Waals surface area contributed by atoms with Crippen LogP contribution in [0.15, 0.2) is 58.8 Å². The number of carbonyl (C=O) groups excluding carboxylic acids is 1. The zero-order valence-electron chi connectivity index (χ0n) is 26.0. The number of hydrogen-bond acceptors (Lipinski definition) is 12. The van der Waals surface area contributed by atoms with Crippen molar-refractivity contribution in [1.29, 1.82) is 5.26 Å². The number of amides is 1. The number of amidine groups is 1. The largest absolute Gasteiger partial charge is 0.486 e. The number of carbonyl (C=O) groups is 1. The van der Waals surface area contributed by atoms with Crippen molar-refractivity contribution in [2.75, 3.05) is 69.2 Å².